The van der Waals surface area contributed by atoms with Crippen molar-refractivity contribution in [2.45, 2.75) is 31.7 Å². The van der Waals surface area contributed by atoms with Crippen molar-refractivity contribution in [3.63, 3.8) is 0 Å². The standard InChI is InChI=1S/C21H19F3N2O4/c22-21(23,24)18-9-14(20(27)28)5-6-17(18)19-15(4-3-13-1-2-13)10-26(25-19)11-16-12-29-7-8-30-16/h5-6,9-10,13,16H,1-2,7-8,11-12H2,(H,27,28)/t16-/m0/s1. The van der Waals surface area contributed by atoms with E-state index in [2.05, 4.69) is 16.9 Å². The fourth-order valence-electron chi connectivity index (χ4n) is 3.18. The first-order valence-electron chi connectivity index (χ1n) is 9.54. The average Bonchev–Trinajstić information content (AvgIpc) is 3.46. The molecule has 1 atom stereocenters. The van der Waals surface area contributed by atoms with E-state index >= 15 is 0 Å². The zero-order valence-corrected chi connectivity index (χ0v) is 15.9. The van der Waals surface area contributed by atoms with E-state index in [-0.39, 0.29) is 23.3 Å². The molecule has 1 aromatic carbocycles. The Balaban J connectivity index is 1.76. The number of alkyl halides is 3. The van der Waals surface area contributed by atoms with Crippen molar-refractivity contribution >= 4 is 5.97 Å². The van der Waals surface area contributed by atoms with Gasteiger partial charge in [-0.1, -0.05) is 17.9 Å². The molecule has 6 nitrogen and oxygen atoms in total. The van der Waals surface area contributed by atoms with Crippen LogP contribution in [0.25, 0.3) is 11.3 Å². The number of benzene rings is 1. The molecule has 1 saturated carbocycles. The Bertz CT molecular complexity index is 1010. The number of hydrogen-bond donors (Lipinski definition) is 1. The van der Waals surface area contributed by atoms with Gasteiger partial charge in [0.15, 0.2) is 0 Å². The fraction of sp³-hybridized carbons (Fsp3) is 0.429. The molecule has 1 N–H and O–H groups in total. The van der Waals surface area contributed by atoms with Gasteiger partial charge in [-0.15, -0.1) is 0 Å². The predicted molar refractivity (Wildman–Crippen MR) is 99.8 cm³/mol. The van der Waals surface area contributed by atoms with Crippen molar-refractivity contribution in [3.8, 4) is 23.1 Å². The number of carboxylic acids is 1. The van der Waals surface area contributed by atoms with Crippen molar-refractivity contribution in [3.05, 3.63) is 41.1 Å². The third-order valence-corrected chi connectivity index (χ3v) is 4.85. The second-order valence-electron chi connectivity index (χ2n) is 7.29. The summed E-state index contributed by atoms with van der Waals surface area (Å²) in [5.41, 5.74) is -1.26. The van der Waals surface area contributed by atoms with E-state index in [4.69, 9.17) is 14.6 Å². The maximum atomic E-state index is 13.7. The second kappa shape index (κ2) is 8.13. The first kappa shape index (κ1) is 20.4. The number of carboxylic acid groups (broad SMARTS) is 1. The number of rotatable bonds is 4. The lowest BCUT2D eigenvalue weighted by Gasteiger charge is -2.22. The summed E-state index contributed by atoms with van der Waals surface area (Å²) in [4.78, 5) is 11.2. The maximum Gasteiger partial charge on any atom is 0.417 e. The van der Waals surface area contributed by atoms with Crippen molar-refractivity contribution < 1.29 is 32.5 Å². The van der Waals surface area contributed by atoms with Crippen LogP contribution >= 0.6 is 0 Å². The van der Waals surface area contributed by atoms with Crippen molar-refractivity contribution in [1.29, 1.82) is 0 Å². The van der Waals surface area contributed by atoms with Crippen LogP contribution < -0.4 is 0 Å². The average molecular weight is 420 g/mol. The Morgan fingerprint density at radius 3 is 2.73 bits per heavy atom. The Kier molecular flexibility index (Phi) is 5.54. The number of carbonyl (C=O) groups is 1. The van der Waals surface area contributed by atoms with Gasteiger partial charge in [-0.25, -0.2) is 4.79 Å². The van der Waals surface area contributed by atoms with Gasteiger partial charge in [-0.3, -0.25) is 4.68 Å². The van der Waals surface area contributed by atoms with Crippen LogP contribution in [0, 0.1) is 17.8 Å². The monoisotopic (exact) mass is 420 g/mol. The maximum absolute atomic E-state index is 13.7. The van der Waals surface area contributed by atoms with E-state index in [0.717, 1.165) is 25.0 Å². The van der Waals surface area contributed by atoms with E-state index in [1.807, 2.05) is 0 Å². The topological polar surface area (TPSA) is 73.6 Å². The van der Waals surface area contributed by atoms with E-state index in [9.17, 15) is 18.0 Å². The van der Waals surface area contributed by atoms with Crippen LogP contribution in [0.2, 0.25) is 0 Å². The minimum Gasteiger partial charge on any atom is -0.478 e. The number of hydrogen-bond acceptors (Lipinski definition) is 4. The molecule has 158 valence electrons. The molecule has 0 unspecified atom stereocenters. The molecule has 2 aliphatic rings. The summed E-state index contributed by atoms with van der Waals surface area (Å²) >= 11 is 0. The van der Waals surface area contributed by atoms with Gasteiger partial charge in [0, 0.05) is 17.7 Å². The van der Waals surface area contributed by atoms with E-state index in [1.165, 1.54) is 4.68 Å². The highest BCUT2D eigenvalue weighted by Gasteiger charge is 2.36. The highest BCUT2D eigenvalue weighted by Crippen LogP contribution is 2.38. The lowest BCUT2D eigenvalue weighted by molar-refractivity contribution is -0.137. The molecule has 1 aliphatic carbocycles. The first-order valence-corrected chi connectivity index (χ1v) is 9.54. The van der Waals surface area contributed by atoms with Crippen LogP contribution in [0.1, 0.15) is 34.3 Å². The Hall–Kier alpha value is -2.83. The summed E-state index contributed by atoms with van der Waals surface area (Å²) in [7, 11) is 0. The van der Waals surface area contributed by atoms with Crippen LogP contribution in [0.4, 0.5) is 13.2 Å². The molecule has 2 fully saturated rings. The highest BCUT2D eigenvalue weighted by molar-refractivity contribution is 5.89. The van der Waals surface area contributed by atoms with Crippen LogP contribution in [0.15, 0.2) is 24.4 Å². The van der Waals surface area contributed by atoms with E-state index < -0.39 is 23.3 Å². The SMILES string of the molecule is O=C(O)c1ccc(-c2nn(C[C@H]3COCCO3)cc2C#CC2CC2)c(C(F)(F)F)c1. The Morgan fingerprint density at radius 2 is 2.10 bits per heavy atom. The van der Waals surface area contributed by atoms with Crippen LogP contribution in [-0.2, 0) is 22.2 Å². The summed E-state index contributed by atoms with van der Waals surface area (Å²) in [6, 6.07) is 2.91. The quantitative estimate of drug-likeness (QED) is 0.768. The molecule has 2 heterocycles. The van der Waals surface area contributed by atoms with Gasteiger partial charge >= 0.3 is 12.1 Å². The number of aromatic nitrogens is 2. The van der Waals surface area contributed by atoms with Gasteiger partial charge in [0.2, 0.25) is 0 Å². The smallest absolute Gasteiger partial charge is 0.417 e. The molecular weight excluding hydrogens is 401 g/mol. The number of aromatic carboxylic acids is 1. The predicted octanol–water partition coefficient (Wildman–Crippen LogP) is 3.44. The van der Waals surface area contributed by atoms with E-state index in [0.29, 0.717) is 38.0 Å². The van der Waals surface area contributed by atoms with Crippen LogP contribution in [-0.4, -0.2) is 46.8 Å². The molecule has 0 spiro atoms. The largest absolute Gasteiger partial charge is 0.478 e. The van der Waals surface area contributed by atoms with Gasteiger partial charge in [0.1, 0.15) is 11.8 Å². The third kappa shape index (κ3) is 4.66. The summed E-state index contributed by atoms with van der Waals surface area (Å²) < 4.78 is 53.6. The Morgan fingerprint density at radius 1 is 1.30 bits per heavy atom. The van der Waals surface area contributed by atoms with Crippen molar-refractivity contribution in [2.75, 3.05) is 19.8 Å². The molecule has 4 rings (SSSR count). The van der Waals surface area contributed by atoms with Gasteiger partial charge < -0.3 is 14.6 Å². The molecule has 2 aromatic rings. The molecule has 1 saturated heterocycles. The zero-order chi connectivity index (χ0) is 21.3. The molecule has 1 aromatic heterocycles. The van der Waals surface area contributed by atoms with E-state index in [1.54, 1.807) is 6.20 Å². The first-order chi connectivity index (χ1) is 14.3. The summed E-state index contributed by atoms with van der Waals surface area (Å²) in [5.74, 6) is 4.84. The molecule has 1 aliphatic heterocycles. The summed E-state index contributed by atoms with van der Waals surface area (Å²) in [5, 5.41) is 13.4. The molecule has 0 bridgehead atoms. The normalized spacial score (nSPS) is 19.2. The number of halogens is 3. The lowest BCUT2D eigenvalue weighted by atomic mass is 9.98. The van der Waals surface area contributed by atoms with Gasteiger partial charge in [-0.2, -0.15) is 18.3 Å². The Labute approximate surface area is 170 Å². The fourth-order valence-corrected chi connectivity index (χ4v) is 3.18. The number of nitrogens with zero attached hydrogens (tertiary/aromatic N) is 2. The molecule has 0 radical (unpaired) electrons. The second-order valence-corrected chi connectivity index (χ2v) is 7.29. The lowest BCUT2D eigenvalue weighted by Crippen LogP contribution is -2.32. The van der Waals surface area contributed by atoms with Gasteiger partial charge in [0.25, 0.3) is 0 Å². The minimum absolute atomic E-state index is 0.0733. The van der Waals surface area contributed by atoms with Crippen molar-refractivity contribution in [1.82, 2.24) is 9.78 Å². The third-order valence-electron chi connectivity index (χ3n) is 4.85. The summed E-state index contributed by atoms with van der Waals surface area (Å²) in [6.07, 6.45) is -1.44. The minimum atomic E-state index is -4.74. The van der Waals surface area contributed by atoms with Gasteiger partial charge in [0.05, 0.1) is 43.1 Å². The molecule has 0 amide bonds. The zero-order valence-electron chi connectivity index (χ0n) is 15.9. The van der Waals surface area contributed by atoms with Crippen molar-refractivity contribution in [2.24, 2.45) is 5.92 Å². The summed E-state index contributed by atoms with van der Waals surface area (Å²) in [6.45, 7) is 1.64. The van der Waals surface area contributed by atoms with Crippen LogP contribution in [0.5, 0.6) is 0 Å². The highest BCUT2D eigenvalue weighted by atomic mass is 19.4. The molecular formula is C21H19F3N2O4. The molecule has 9 heteroatoms. The number of ether oxygens (including phenoxy) is 2. The van der Waals surface area contributed by atoms with Gasteiger partial charge in [-0.05, 0) is 25.0 Å². The molecule has 30 heavy (non-hydrogen) atoms. The van der Waals surface area contributed by atoms with Crippen LogP contribution in [0.3, 0.4) is 0 Å².